The Labute approximate surface area is 187 Å². The van der Waals surface area contributed by atoms with Gasteiger partial charge in [0.2, 0.25) is 5.69 Å². The Hall–Kier alpha value is -3.92. The first-order chi connectivity index (χ1) is 15.7. The Morgan fingerprint density at radius 1 is 0.938 bits per heavy atom. The summed E-state index contributed by atoms with van der Waals surface area (Å²) < 4.78 is 5.89. The molecule has 2 N–H and O–H groups in total. The monoisotopic (exact) mass is 427 g/mol. The van der Waals surface area contributed by atoms with Crippen molar-refractivity contribution in [3.05, 3.63) is 89.9 Å². The number of aromatic nitrogens is 2. The summed E-state index contributed by atoms with van der Waals surface area (Å²) in [5, 5.41) is 15.4. The predicted molar refractivity (Wildman–Crippen MR) is 120 cm³/mol. The van der Waals surface area contributed by atoms with Crippen LogP contribution in [-0.2, 0) is 0 Å². The molecule has 0 aliphatic heterocycles. The highest BCUT2D eigenvalue weighted by atomic mass is 16.5. The fourth-order valence-electron chi connectivity index (χ4n) is 3.98. The molecule has 1 aliphatic rings. The zero-order chi connectivity index (χ0) is 22.2. The molecule has 7 nitrogen and oxygen atoms in total. The number of hydrogen-bond acceptors (Lipinski definition) is 5. The number of urea groups is 1. The third-order valence-corrected chi connectivity index (χ3v) is 5.60. The quantitative estimate of drug-likeness (QED) is 0.616. The van der Waals surface area contributed by atoms with Crippen molar-refractivity contribution in [2.45, 2.75) is 43.9 Å². The zero-order valence-electron chi connectivity index (χ0n) is 17.6. The van der Waals surface area contributed by atoms with Crippen LogP contribution >= 0.6 is 0 Å². The van der Waals surface area contributed by atoms with E-state index in [2.05, 4.69) is 20.6 Å². The molecule has 1 aliphatic carbocycles. The molecule has 2 aromatic carbocycles. The maximum Gasteiger partial charge on any atom is 0.315 e. The van der Waals surface area contributed by atoms with Gasteiger partial charge in [-0.3, -0.25) is 0 Å². The predicted octanol–water partition coefficient (Wildman–Crippen LogP) is 4.13. The van der Waals surface area contributed by atoms with E-state index >= 15 is 0 Å². The van der Waals surface area contributed by atoms with Crippen molar-refractivity contribution in [1.82, 2.24) is 20.6 Å². The number of amides is 2. The lowest BCUT2D eigenvalue weighted by Crippen LogP contribution is -2.46. The van der Waals surface area contributed by atoms with E-state index in [-0.39, 0.29) is 35.8 Å². The highest BCUT2D eigenvalue weighted by molar-refractivity contribution is 5.75. The van der Waals surface area contributed by atoms with Gasteiger partial charge in [-0.15, -0.1) is 0 Å². The van der Waals surface area contributed by atoms with Gasteiger partial charge in [-0.1, -0.05) is 60.7 Å². The Morgan fingerprint density at radius 3 is 2.12 bits per heavy atom. The van der Waals surface area contributed by atoms with E-state index in [9.17, 15) is 4.79 Å². The molecule has 0 saturated heterocycles. The molecule has 1 fully saturated rings. The molecular weight excluding hydrogens is 402 g/mol. The summed E-state index contributed by atoms with van der Waals surface area (Å²) in [5.41, 5.74) is 2.26. The molecule has 0 radical (unpaired) electrons. The Morgan fingerprint density at radius 2 is 1.53 bits per heavy atom. The highest BCUT2D eigenvalue weighted by Crippen LogP contribution is 2.25. The lowest BCUT2D eigenvalue weighted by Gasteiger charge is -2.30. The Balaban J connectivity index is 1.33. The molecule has 2 amide bonds. The Kier molecular flexibility index (Phi) is 6.93. The molecule has 0 atom stereocenters. The molecule has 0 spiro atoms. The first-order valence-corrected chi connectivity index (χ1v) is 10.8. The number of nitrogens with zero attached hydrogens (tertiary/aromatic N) is 3. The van der Waals surface area contributed by atoms with E-state index in [1.807, 2.05) is 66.7 Å². The van der Waals surface area contributed by atoms with Gasteiger partial charge in [-0.05, 0) is 36.8 Å². The second kappa shape index (κ2) is 10.4. The largest absolute Gasteiger partial charge is 0.472 e. The second-order valence-electron chi connectivity index (χ2n) is 7.79. The van der Waals surface area contributed by atoms with Gasteiger partial charge in [-0.2, -0.15) is 5.26 Å². The van der Waals surface area contributed by atoms with Crippen molar-refractivity contribution >= 4 is 6.03 Å². The average Bonchev–Trinajstić information content (AvgIpc) is 2.85. The molecule has 1 saturated carbocycles. The summed E-state index contributed by atoms with van der Waals surface area (Å²) in [6.45, 7) is 0. The van der Waals surface area contributed by atoms with Crippen LogP contribution in [0.1, 0.15) is 48.5 Å². The van der Waals surface area contributed by atoms with Crippen LogP contribution in [0.5, 0.6) is 5.88 Å². The normalized spacial score (nSPS) is 17.9. The summed E-state index contributed by atoms with van der Waals surface area (Å²) in [5.74, 6) is 0.276. The van der Waals surface area contributed by atoms with Crippen molar-refractivity contribution in [3.63, 3.8) is 0 Å². The molecule has 4 rings (SSSR count). The number of hydrogen-bond donors (Lipinski definition) is 2. The smallest absolute Gasteiger partial charge is 0.315 e. The van der Waals surface area contributed by atoms with E-state index in [0.717, 1.165) is 36.8 Å². The highest BCUT2D eigenvalue weighted by Gasteiger charge is 2.26. The summed E-state index contributed by atoms with van der Waals surface area (Å²) in [6.07, 6.45) is 6.08. The lowest BCUT2D eigenvalue weighted by molar-refractivity contribution is 0.133. The topological polar surface area (TPSA) is 99.9 Å². The minimum absolute atomic E-state index is 0.0405. The number of carbonyl (C=O) groups is 1. The van der Waals surface area contributed by atoms with Crippen LogP contribution < -0.4 is 15.4 Å². The van der Waals surface area contributed by atoms with Crippen molar-refractivity contribution in [1.29, 1.82) is 5.26 Å². The standard InChI is InChI=1S/C25H25N5O2/c26-17-22-24(28-16-15-27-22)32-21-13-11-20(12-14-21)29-25(31)30-23(18-7-3-1-4-8-18)19-9-5-2-6-10-19/h1-10,15-16,20-21,23H,11-14H2,(H2,29,30,31). The van der Waals surface area contributed by atoms with Crippen LogP contribution in [0.4, 0.5) is 4.79 Å². The number of rotatable bonds is 6. The minimum Gasteiger partial charge on any atom is -0.472 e. The SMILES string of the molecule is N#Cc1nccnc1OC1CCC(NC(=O)NC(c2ccccc2)c2ccccc2)CC1. The first-order valence-electron chi connectivity index (χ1n) is 10.8. The van der Waals surface area contributed by atoms with E-state index < -0.39 is 0 Å². The fraction of sp³-hybridized carbons (Fsp3) is 0.280. The van der Waals surface area contributed by atoms with Crippen molar-refractivity contribution in [3.8, 4) is 11.9 Å². The molecule has 162 valence electrons. The maximum atomic E-state index is 12.8. The molecule has 32 heavy (non-hydrogen) atoms. The van der Waals surface area contributed by atoms with Gasteiger partial charge < -0.3 is 15.4 Å². The lowest BCUT2D eigenvalue weighted by atomic mass is 9.93. The third kappa shape index (κ3) is 5.41. The maximum absolute atomic E-state index is 12.8. The summed E-state index contributed by atoms with van der Waals surface area (Å²) in [6, 6.07) is 21.5. The summed E-state index contributed by atoms with van der Waals surface area (Å²) >= 11 is 0. The van der Waals surface area contributed by atoms with Crippen molar-refractivity contribution < 1.29 is 9.53 Å². The van der Waals surface area contributed by atoms with Gasteiger partial charge in [-0.25, -0.2) is 14.8 Å². The van der Waals surface area contributed by atoms with Crippen LogP contribution in [0.2, 0.25) is 0 Å². The number of ether oxygens (including phenoxy) is 1. The van der Waals surface area contributed by atoms with Crippen LogP contribution in [-0.4, -0.2) is 28.1 Å². The number of nitrogens with one attached hydrogen (secondary N) is 2. The molecule has 3 aromatic rings. The first kappa shape index (κ1) is 21.3. The molecule has 1 aromatic heterocycles. The van der Waals surface area contributed by atoms with Crippen molar-refractivity contribution in [2.24, 2.45) is 0 Å². The van der Waals surface area contributed by atoms with Crippen LogP contribution in [0.3, 0.4) is 0 Å². The van der Waals surface area contributed by atoms with Crippen LogP contribution in [0.25, 0.3) is 0 Å². The van der Waals surface area contributed by atoms with Gasteiger partial charge in [0, 0.05) is 18.4 Å². The molecule has 1 heterocycles. The van der Waals surface area contributed by atoms with Gasteiger partial charge in [0.1, 0.15) is 12.2 Å². The van der Waals surface area contributed by atoms with Gasteiger partial charge in [0.25, 0.3) is 5.88 Å². The van der Waals surface area contributed by atoms with Gasteiger partial charge in [0.15, 0.2) is 0 Å². The number of carbonyl (C=O) groups excluding carboxylic acids is 1. The number of nitriles is 1. The van der Waals surface area contributed by atoms with Crippen LogP contribution in [0.15, 0.2) is 73.1 Å². The van der Waals surface area contributed by atoms with E-state index in [1.165, 1.54) is 12.4 Å². The van der Waals surface area contributed by atoms with Gasteiger partial charge in [0.05, 0.1) is 6.04 Å². The van der Waals surface area contributed by atoms with E-state index in [1.54, 1.807) is 0 Å². The van der Waals surface area contributed by atoms with E-state index in [4.69, 9.17) is 10.00 Å². The Bertz CT molecular complexity index is 1020. The fourth-order valence-corrected chi connectivity index (χ4v) is 3.98. The molecule has 0 bridgehead atoms. The van der Waals surface area contributed by atoms with Crippen LogP contribution in [0, 0.1) is 11.3 Å². The number of benzene rings is 2. The third-order valence-electron chi connectivity index (χ3n) is 5.60. The molecule has 7 heteroatoms. The summed E-state index contributed by atoms with van der Waals surface area (Å²) in [4.78, 5) is 20.9. The minimum atomic E-state index is -0.224. The zero-order valence-corrected chi connectivity index (χ0v) is 17.6. The van der Waals surface area contributed by atoms with Crippen molar-refractivity contribution in [2.75, 3.05) is 0 Å². The summed E-state index contributed by atoms with van der Waals surface area (Å²) in [7, 11) is 0. The average molecular weight is 428 g/mol. The molecular formula is C25H25N5O2. The molecule has 0 unspecified atom stereocenters. The second-order valence-corrected chi connectivity index (χ2v) is 7.79. The van der Waals surface area contributed by atoms with Gasteiger partial charge >= 0.3 is 6.03 Å². The van der Waals surface area contributed by atoms with E-state index in [0.29, 0.717) is 0 Å².